The SMILES string of the molecule is COc1ccc(C2=C(Nc3cc(OC)ccc3OC)C(=O)N(c3ccccc3)C2=O)cc1. The van der Waals surface area contributed by atoms with Crippen LogP contribution in [0.25, 0.3) is 5.57 Å². The van der Waals surface area contributed by atoms with Gasteiger partial charge in [-0.1, -0.05) is 30.3 Å². The topological polar surface area (TPSA) is 77.1 Å². The Morgan fingerprint density at radius 3 is 2.00 bits per heavy atom. The largest absolute Gasteiger partial charge is 0.497 e. The minimum absolute atomic E-state index is 0.149. The molecular weight excluding hydrogens is 408 g/mol. The zero-order valence-electron chi connectivity index (χ0n) is 17.9. The molecule has 162 valence electrons. The predicted octanol–water partition coefficient (Wildman–Crippen LogP) is 4.11. The number of hydrogen-bond donors (Lipinski definition) is 1. The Hall–Kier alpha value is -4.26. The van der Waals surface area contributed by atoms with Gasteiger partial charge >= 0.3 is 0 Å². The first-order valence-corrected chi connectivity index (χ1v) is 9.89. The minimum atomic E-state index is -0.461. The lowest BCUT2D eigenvalue weighted by Gasteiger charge is -2.16. The molecule has 1 aliphatic rings. The van der Waals surface area contributed by atoms with Gasteiger partial charge in [-0.05, 0) is 42.0 Å². The summed E-state index contributed by atoms with van der Waals surface area (Å²) < 4.78 is 16.0. The number of benzene rings is 3. The second-order valence-corrected chi connectivity index (χ2v) is 6.95. The molecule has 2 amide bonds. The average Bonchev–Trinajstić information content (AvgIpc) is 3.08. The number of anilines is 2. The number of ether oxygens (including phenoxy) is 3. The van der Waals surface area contributed by atoms with Gasteiger partial charge < -0.3 is 19.5 Å². The Labute approximate surface area is 185 Å². The third kappa shape index (κ3) is 3.76. The van der Waals surface area contributed by atoms with Crippen LogP contribution in [0.1, 0.15) is 5.56 Å². The van der Waals surface area contributed by atoms with Gasteiger partial charge in [0, 0.05) is 6.07 Å². The van der Waals surface area contributed by atoms with Crippen LogP contribution in [0, 0.1) is 0 Å². The summed E-state index contributed by atoms with van der Waals surface area (Å²) in [5, 5.41) is 3.12. The number of imide groups is 1. The van der Waals surface area contributed by atoms with E-state index in [2.05, 4.69) is 5.32 Å². The lowest BCUT2D eigenvalue weighted by atomic mass is 10.0. The van der Waals surface area contributed by atoms with Crippen molar-refractivity contribution in [3.05, 3.63) is 84.1 Å². The van der Waals surface area contributed by atoms with Crippen LogP contribution >= 0.6 is 0 Å². The highest BCUT2D eigenvalue weighted by Gasteiger charge is 2.40. The third-order valence-electron chi connectivity index (χ3n) is 5.14. The van der Waals surface area contributed by atoms with E-state index in [9.17, 15) is 9.59 Å². The highest BCUT2D eigenvalue weighted by atomic mass is 16.5. The zero-order valence-corrected chi connectivity index (χ0v) is 17.9. The smallest absolute Gasteiger partial charge is 0.282 e. The van der Waals surface area contributed by atoms with Crippen molar-refractivity contribution in [1.82, 2.24) is 0 Å². The van der Waals surface area contributed by atoms with Gasteiger partial charge in [0.2, 0.25) is 0 Å². The Morgan fingerprint density at radius 2 is 1.38 bits per heavy atom. The average molecular weight is 430 g/mol. The normalized spacial score (nSPS) is 13.4. The van der Waals surface area contributed by atoms with Crippen molar-refractivity contribution >= 4 is 28.8 Å². The first-order chi connectivity index (χ1) is 15.6. The summed E-state index contributed by atoms with van der Waals surface area (Å²) in [6.45, 7) is 0. The van der Waals surface area contributed by atoms with Crippen molar-refractivity contribution in [2.45, 2.75) is 0 Å². The second-order valence-electron chi connectivity index (χ2n) is 6.95. The number of para-hydroxylation sites is 1. The Balaban J connectivity index is 1.84. The van der Waals surface area contributed by atoms with E-state index >= 15 is 0 Å². The summed E-state index contributed by atoms with van der Waals surface area (Å²) in [6.07, 6.45) is 0. The van der Waals surface area contributed by atoms with Crippen LogP contribution in [0.2, 0.25) is 0 Å². The lowest BCUT2D eigenvalue weighted by Crippen LogP contribution is -2.32. The van der Waals surface area contributed by atoms with E-state index in [1.807, 2.05) is 6.07 Å². The molecule has 7 heteroatoms. The van der Waals surface area contributed by atoms with E-state index in [1.54, 1.807) is 80.9 Å². The molecule has 0 saturated heterocycles. The molecule has 0 radical (unpaired) electrons. The number of carbonyl (C=O) groups excluding carboxylic acids is 2. The van der Waals surface area contributed by atoms with Crippen molar-refractivity contribution in [1.29, 1.82) is 0 Å². The molecule has 0 aromatic heterocycles. The maximum atomic E-state index is 13.5. The van der Waals surface area contributed by atoms with E-state index < -0.39 is 11.8 Å². The molecule has 0 saturated carbocycles. The van der Waals surface area contributed by atoms with Crippen LogP contribution in [-0.4, -0.2) is 33.1 Å². The van der Waals surface area contributed by atoms with Gasteiger partial charge in [-0.3, -0.25) is 9.59 Å². The first-order valence-electron chi connectivity index (χ1n) is 9.89. The van der Waals surface area contributed by atoms with E-state index in [4.69, 9.17) is 14.2 Å². The molecule has 0 atom stereocenters. The molecule has 4 rings (SSSR count). The molecule has 1 heterocycles. The van der Waals surface area contributed by atoms with Crippen LogP contribution in [0.4, 0.5) is 11.4 Å². The third-order valence-corrected chi connectivity index (χ3v) is 5.14. The van der Waals surface area contributed by atoms with Gasteiger partial charge in [0.1, 0.15) is 22.9 Å². The molecule has 1 aliphatic heterocycles. The predicted molar refractivity (Wildman–Crippen MR) is 122 cm³/mol. The Bertz CT molecular complexity index is 1190. The monoisotopic (exact) mass is 430 g/mol. The molecular formula is C25H22N2O5. The fourth-order valence-electron chi connectivity index (χ4n) is 3.53. The summed E-state index contributed by atoms with van der Waals surface area (Å²) in [5.74, 6) is 0.852. The van der Waals surface area contributed by atoms with Gasteiger partial charge in [0.05, 0.1) is 38.3 Å². The lowest BCUT2D eigenvalue weighted by molar-refractivity contribution is -0.120. The van der Waals surface area contributed by atoms with Crippen LogP contribution in [-0.2, 0) is 9.59 Å². The zero-order chi connectivity index (χ0) is 22.7. The highest BCUT2D eigenvalue weighted by molar-refractivity contribution is 6.46. The first kappa shape index (κ1) is 21.0. The molecule has 1 N–H and O–H groups in total. The molecule has 32 heavy (non-hydrogen) atoms. The standard InChI is InChI=1S/C25H22N2O5/c1-30-18-11-9-16(10-12-18)22-23(26-20-15-19(31-2)13-14-21(20)32-3)25(29)27(24(22)28)17-7-5-4-6-8-17/h4-15,26H,1-3H3. The van der Waals surface area contributed by atoms with Crippen molar-refractivity contribution in [3.63, 3.8) is 0 Å². The van der Waals surface area contributed by atoms with Gasteiger partial charge in [-0.25, -0.2) is 4.90 Å². The molecule has 0 unspecified atom stereocenters. The number of methoxy groups -OCH3 is 3. The van der Waals surface area contributed by atoms with Crippen LogP contribution in [0.15, 0.2) is 78.5 Å². The highest BCUT2D eigenvalue weighted by Crippen LogP contribution is 2.37. The molecule has 0 spiro atoms. The number of nitrogens with one attached hydrogen (secondary N) is 1. The quantitative estimate of drug-likeness (QED) is 0.569. The molecule has 0 fully saturated rings. The fraction of sp³-hybridized carbons (Fsp3) is 0.120. The van der Waals surface area contributed by atoms with E-state index in [1.165, 1.54) is 7.11 Å². The number of carbonyl (C=O) groups is 2. The summed E-state index contributed by atoms with van der Waals surface area (Å²) in [5.41, 5.74) is 1.99. The second kappa shape index (κ2) is 8.85. The summed E-state index contributed by atoms with van der Waals surface area (Å²) in [7, 11) is 4.65. The van der Waals surface area contributed by atoms with Crippen LogP contribution in [0.3, 0.4) is 0 Å². The van der Waals surface area contributed by atoms with Crippen molar-refractivity contribution in [2.24, 2.45) is 0 Å². The number of hydrogen-bond acceptors (Lipinski definition) is 6. The Kier molecular flexibility index (Phi) is 5.81. The number of amides is 2. The molecule has 0 bridgehead atoms. The van der Waals surface area contributed by atoms with Gasteiger partial charge in [0.25, 0.3) is 11.8 Å². The molecule has 3 aromatic rings. The van der Waals surface area contributed by atoms with Crippen molar-refractivity contribution < 1.29 is 23.8 Å². The van der Waals surface area contributed by atoms with Gasteiger partial charge in [-0.2, -0.15) is 0 Å². The Morgan fingerprint density at radius 1 is 0.719 bits per heavy atom. The van der Waals surface area contributed by atoms with Crippen LogP contribution < -0.4 is 24.4 Å². The molecule has 3 aromatic carbocycles. The van der Waals surface area contributed by atoms with Gasteiger partial charge in [-0.15, -0.1) is 0 Å². The maximum absolute atomic E-state index is 13.5. The maximum Gasteiger partial charge on any atom is 0.282 e. The number of rotatable bonds is 7. The molecule has 7 nitrogen and oxygen atoms in total. The van der Waals surface area contributed by atoms with E-state index in [0.717, 1.165) is 4.90 Å². The number of nitrogens with zero attached hydrogens (tertiary/aromatic N) is 1. The summed E-state index contributed by atoms with van der Waals surface area (Å²) >= 11 is 0. The van der Waals surface area contributed by atoms with E-state index in [0.29, 0.717) is 34.2 Å². The van der Waals surface area contributed by atoms with Crippen LogP contribution in [0.5, 0.6) is 17.2 Å². The molecule has 0 aliphatic carbocycles. The van der Waals surface area contributed by atoms with Crippen molar-refractivity contribution in [2.75, 3.05) is 31.5 Å². The summed E-state index contributed by atoms with van der Waals surface area (Å²) in [6, 6.07) is 21.0. The summed E-state index contributed by atoms with van der Waals surface area (Å²) in [4.78, 5) is 28.1. The van der Waals surface area contributed by atoms with E-state index in [-0.39, 0.29) is 11.3 Å². The van der Waals surface area contributed by atoms with Crippen molar-refractivity contribution in [3.8, 4) is 17.2 Å². The van der Waals surface area contributed by atoms with Gasteiger partial charge in [0.15, 0.2) is 0 Å². The minimum Gasteiger partial charge on any atom is -0.497 e. The fourth-order valence-corrected chi connectivity index (χ4v) is 3.53.